The van der Waals surface area contributed by atoms with Crippen molar-refractivity contribution in [1.82, 2.24) is 25.1 Å². The second kappa shape index (κ2) is 7.48. The van der Waals surface area contributed by atoms with Crippen molar-refractivity contribution in [2.24, 2.45) is 0 Å². The molecule has 1 N–H and O–H groups in total. The Hall–Kier alpha value is -2.67. The maximum absolute atomic E-state index is 11.6. The van der Waals surface area contributed by atoms with Crippen molar-refractivity contribution in [1.29, 1.82) is 0 Å². The molecule has 0 aliphatic rings. The number of carbonyl (C=O) groups excluding carboxylic acids is 1. The molecular formula is C18H19N5OS. The molecule has 0 spiro atoms. The van der Waals surface area contributed by atoms with Crippen LogP contribution in [-0.4, -0.2) is 38.5 Å². The monoisotopic (exact) mass is 353 g/mol. The van der Waals surface area contributed by atoms with Gasteiger partial charge in [0.25, 0.3) is 0 Å². The number of aromatic nitrogens is 4. The van der Waals surface area contributed by atoms with Crippen LogP contribution in [0, 0.1) is 13.8 Å². The topological polar surface area (TPSA) is 72.7 Å². The Morgan fingerprint density at radius 2 is 2.08 bits per heavy atom. The molecule has 0 atom stereocenters. The Bertz CT molecular complexity index is 892. The van der Waals surface area contributed by atoms with Crippen LogP contribution in [-0.2, 0) is 4.79 Å². The number of nitrogens with one attached hydrogen (secondary N) is 1. The van der Waals surface area contributed by atoms with Crippen LogP contribution in [0.5, 0.6) is 0 Å². The molecule has 0 fully saturated rings. The molecule has 1 amide bonds. The van der Waals surface area contributed by atoms with E-state index in [-0.39, 0.29) is 11.7 Å². The third-order valence-corrected chi connectivity index (χ3v) is 4.70. The first-order chi connectivity index (χ1) is 12.1. The first-order valence-electron chi connectivity index (χ1n) is 7.87. The van der Waals surface area contributed by atoms with Gasteiger partial charge in [-0.2, -0.15) is 0 Å². The summed E-state index contributed by atoms with van der Waals surface area (Å²) in [6.07, 6.45) is 3.49. The predicted octanol–water partition coefficient (Wildman–Crippen LogP) is 2.78. The van der Waals surface area contributed by atoms with Gasteiger partial charge in [0.05, 0.1) is 11.4 Å². The van der Waals surface area contributed by atoms with E-state index in [1.807, 2.05) is 23.6 Å². The lowest BCUT2D eigenvalue weighted by atomic mass is 10.1. The molecule has 128 valence electrons. The average Bonchev–Trinajstić information content (AvgIpc) is 3.06. The number of aryl methyl sites for hydroxylation is 2. The number of hydrogen-bond acceptors (Lipinski definition) is 5. The third kappa shape index (κ3) is 3.71. The summed E-state index contributed by atoms with van der Waals surface area (Å²) in [4.78, 5) is 15.8. The Morgan fingerprint density at radius 1 is 1.24 bits per heavy atom. The predicted molar refractivity (Wildman–Crippen MR) is 98.9 cm³/mol. The second-order valence-electron chi connectivity index (χ2n) is 5.64. The van der Waals surface area contributed by atoms with Gasteiger partial charge in [-0.05, 0) is 43.2 Å². The highest BCUT2D eigenvalue weighted by Crippen LogP contribution is 2.29. The lowest BCUT2D eigenvalue weighted by Gasteiger charge is -2.13. The molecule has 0 saturated carbocycles. The van der Waals surface area contributed by atoms with Gasteiger partial charge in [0, 0.05) is 25.0 Å². The number of benzene rings is 1. The minimum absolute atomic E-state index is 0.0524. The van der Waals surface area contributed by atoms with Gasteiger partial charge in [-0.1, -0.05) is 23.9 Å². The summed E-state index contributed by atoms with van der Waals surface area (Å²) in [5.74, 6) is 0.941. The summed E-state index contributed by atoms with van der Waals surface area (Å²) in [6, 6.07) is 10.1. The highest BCUT2D eigenvalue weighted by molar-refractivity contribution is 7.99. The van der Waals surface area contributed by atoms with Crippen LogP contribution < -0.4 is 5.32 Å². The van der Waals surface area contributed by atoms with Crippen LogP contribution in [0.2, 0.25) is 0 Å². The number of thioether (sulfide) groups is 1. The van der Waals surface area contributed by atoms with Crippen LogP contribution in [0.4, 0.5) is 0 Å². The minimum atomic E-state index is -0.0524. The van der Waals surface area contributed by atoms with E-state index < -0.39 is 0 Å². The van der Waals surface area contributed by atoms with Crippen molar-refractivity contribution in [3.63, 3.8) is 0 Å². The number of rotatable bonds is 5. The van der Waals surface area contributed by atoms with Crippen LogP contribution in [0.15, 0.2) is 47.9 Å². The summed E-state index contributed by atoms with van der Waals surface area (Å²) in [6.45, 7) is 4.10. The SMILES string of the molecule is CNC(=O)CSc1nnc(-c2cccnc2)n1-c1cc(C)ccc1C. The molecule has 6 nitrogen and oxygen atoms in total. The zero-order valence-electron chi connectivity index (χ0n) is 14.4. The Morgan fingerprint density at radius 3 is 2.80 bits per heavy atom. The summed E-state index contributed by atoms with van der Waals surface area (Å²) in [7, 11) is 1.62. The molecular weight excluding hydrogens is 334 g/mol. The molecule has 0 aliphatic carbocycles. The van der Waals surface area contributed by atoms with Gasteiger partial charge >= 0.3 is 0 Å². The maximum atomic E-state index is 11.6. The largest absolute Gasteiger partial charge is 0.358 e. The summed E-state index contributed by atoms with van der Waals surface area (Å²) in [5.41, 5.74) is 4.14. The summed E-state index contributed by atoms with van der Waals surface area (Å²) >= 11 is 1.36. The van der Waals surface area contributed by atoms with Crippen LogP contribution in [0.3, 0.4) is 0 Å². The quantitative estimate of drug-likeness (QED) is 0.714. The van der Waals surface area contributed by atoms with Crippen molar-refractivity contribution >= 4 is 17.7 Å². The first kappa shape index (κ1) is 17.2. The lowest BCUT2D eigenvalue weighted by molar-refractivity contribution is -0.118. The number of carbonyl (C=O) groups is 1. The number of nitrogens with zero attached hydrogens (tertiary/aromatic N) is 4. The first-order valence-corrected chi connectivity index (χ1v) is 8.85. The third-order valence-electron chi connectivity index (χ3n) is 3.77. The normalized spacial score (nSPS) is 10.7. The molecule has 2 heterocycles. The molecule has 3 aromatic rings. The number of pyridine rings is 1. The minimum Gasteiger partial charge on any atom is -0.358 e. The Balaban J connectivity index is 2.13. The van der Waals surface area contributed by atoms with Gasteiger partial charge in [0.15, 0.2) is 11.0 Å². The molecule has 0 saturated heterocycles. The van der Waals surface area contributed by atoms with Gasteiger partial charge in [-0.3, -0.25) is 14.3 Å². The zero-order chi connectivity index (χ0) is 17.8. The Kier molecular flexibility index (Phi) is 5.14. The summed E-state index contributed by atoms with van der Waals surface area (Å²) in [5, 5.41) is 12.0. The van der Waals surface area contributed by atoms with Crippen LogP contribution in [0.1, 0.15) is 11.1 Å². The van der Waals surface area contributed by atoms with Crippen LogP contribution in [0.25, 0.3) is 17.1 Å². The molecule has 1 aromatic carbocycles. The fourth-order valence-corrected chi connectivity index (χ4v) is 3.24. The van der Waals surface area contributed by atoms with Gasteiger partial charge in [-0.25, -0.2) is 0 Å². The number of amides is 1. The zero-order valence-corrected chi connectivity index (χ0v) is 15.2. The van der Waals surface area contributed by atoms with E-state index in [0.29, 0.717) is 11.0 Å². The highest BCUT2D eigenvalue weighted by atomic mass is 32.2. The van der Waals surface area contributed by atoms with Crippen molar-refractivity contribution < 1.29 is 4.79 Å². The van der Waals surface area contributed by atoms with Crippen LogP contribution >= 0.6 is 11.8 Å². The molecule has 0 unspecified atom stereocenters. The second-order valence-corrected chi connectivity index (χ2v) is 6.58. The van der Waals surface area contributed by atoms with Crippen molar-refractivity contribution in [2.45, 2.75) is 19.0 Å². The molecule has 2 aromatic heterocycles. The maximum Gasteiger partial charge on any atom is 0.230 e. The van der Waals surface area contributed by atoms with Gasteiger partial charge < -0.3 is 5.32 Å². The fraction of sp³-hybridized carbons (Fsp3) is 0.222. The smallest absolute Gasteiger partial charge is 0.230 e. The van der Waals surface area contributed by atoms with Gasteiger partial charge in [0.2, 0.25) is 5.91 Å². The van der Waals surface area contributed by atoms with E-state index in [1.54, 1.807) is 19.4 Å². The van der Waals surface area contributed by atoms with E-state index in [4.69, 9.17) is 0 Å². The van der Waals surface area contributed by atoms with Crippen molar-refractivity contribution in [3.8, 4) is 17.1 Å². The van der Waals surface area contributed by atoms with Crippen molar-refractivity contribution in [2.75, 3.05) is 12.8 Å². The van der Waals surface area contributed by atoms with E-state index in [2.05, 4.69) is 45.6 Å². The molecule has 25 heavy (non-hydrogen) atoms. The average molecular weight is 353 g/mol. The molecule has 0 bridgehead atoms. The van der Waals surface area contributed by atoms with E-state index >= 15 is 0 Å². The van der Waals surface area contributed by atoms with E-state index in [1.165, 1.54) is 11.8 Å². The lowest BCUT2D eigenvalue weighted by Crippen LogP contribution is -2.20. The van der Waals surface area contributed by atoms with Gasteiger partial charge in [-0.15, -0.1) is 10.2 Å². The highest BCUT2D eigenvalue weighted by Gasteiger charge is 2.18. The fourth-order valence-electron chi connectivity index (χ4n) is 2.43. The molecule has 7 heteroatoms. The van der Waals surface area contributed by atoms with E-state index in [0.717, 1.165) is 22.4 Å². The molecule has 0 aliphatic heterocycles. The molecule has 0 radical (unpaired) electrons. The Labute approximate surface area is 150 Å². The van der Waals surface area contributed by atoms with E-state index in [9.17, 15) is 4.79 Å². The number of hydrogen-bond donors (Lipinski definition) is 1. The van der Waals surface area contributed by atoms with Gasteiger partial charge in [0.1, 0.15) is 0 Å². The standard InChI is InChI=1S/C18H19N5OS/c1-12-6-7-13(2)15(9-12)23-17(14-5-4-8-20-10-14)21-22-18(23)25-11-16(24)19-3/h4-10H,11H2,1-3H3,(H,19,24). The van der Waals surface area contributed by atoms with Crippen molar-refractivity contribution in [3.05, 3.63) is 53.9 Å². The molecule has 3 rings (SSSR count). The summed E-state index contributed by atoms with van der Waals surface area (Å²) < 4.78 is 1.99.